The zero-order valence-electron chi connectivity index (χ0n) is 10.5. The molecule has 1 fully saturated rings. The zero-order chi connectivity index (χ0) is 11.1. The highest BCUT2D eigenvalue weighted by Crippen LogP contribution is 2.13. The molecule has 1 rings (SSSR count). The molecular formula is C12H26N2O. The molecule has 90 valence electrons. The Bertz CT molecular complexity index is 164. The number of likely N-dealkylation sites (tertiary alicyclic amines) is 1. The molecule has 2 unspecified atom stereocenters. The van der Waals surface area contributed by atoms with Gasteiger partial charge in [-0.05, 0) is 38.4 Å². The highest BCUT2D eigenvalue weighted by molar-refractivity contribution is 4.74. The second kappa shape index (κ2) is 7.20. The largest absolute Gasteiger partial charge is 0.380 e. The first-order valence-electron chi connectivity index (χ1n) is 6.22. The van der Waals surface area contributed by atoms with Crippen molar-refractivity contribution in [2.24, 2.45) is 5.92 Å². The van der Waals surface area contributed by atoms with Gasteiger partial charge in [0.15, 0.2) is 0 Å². The third-order valence-electron chi connectivity index (χ3n) is 3.11. The topological polar surface area (TPSA) is 24.5 Å². The van der Waals surface area contributed by atoms with Gasteiger partial charge in [-0.2, -0.15) is 0 Å². The molecule has 1 heterocycles. The summed E-state index contributed by atoms with van der Waals surface area (Å²) in [7, 11) is 1.83. The van der Waals surface area contributed by atoms with Gasteiger partial charge in [0.25, 0.3) is 0 Å². The first kappa shape index (κ1) is 12.9. The van der Waals surface area contributed by atoms with Crippen LogP contribution in [-0.4, -0.2) is 50.8 Å². The number of rotatable bonds is 6. The van der Waals surface area contributed by atoms with E-state index in [9.17, 15) is 0 Å². The van der Waals surface area contributed by atoms with E-state index < -0.39 is 0 Å². The van der Waals surface area contributed by atoms with E-state index in [1.54, 1.807) is 0 Å². The molecule has 0 aromatic heterocycles. The Morgan fingerprint density at radius 2 is 2.33 bits per heavy atom. The molecule has 3 nitrogen and oxygen atoms in total. The minimum absolute atomic E-state index is 0.463. The Morgan fingerprint density at radius 1 is 1.53 bits per heavy atom. The van der Waals surface area contributed by atoms with Gasteiger partial charge >= 0.3 is 0 Å². The van der Waals surface area contributed by atoms with Crippen LogP contribution in [0.5, 0.6) is 0 Å². The highest BCUT2D eigenvalue weighted by Gasteiger charge is 2.20. The molecule has 1 N–H and O–H groups in total. The molecule has 0 radical (unpaired) electrons. The summed E-state index contributed by atoms with van der Waals surface area (Å²) < 4.78 is 5.43. The van der Waals surface area contributed by atoms with Crippen molar-refractivity contribution in [1.29, 1.82) is 0 Å². The van der Waals surface area contributed by atoms with E-state index >= 15 is 0 Å². The SMILES string of the molecule is CCNCC(C)CN1CCCC(OC)C1. The van der Waals surface area contributed by atoms with Crippen molar-refractivity contribution in [3.63, 3.8) is 0 Å². The maximum Gasteiger partial charge on any atom is 0.0698 e. The molecule has 0 aliphatic carbocycles. The Morgan fingerprint density at radius 3 is 3.00 bits per heavy atom. The lowest BCUT2D eigenvalue weighted by Gasteiger charge is -2.33. The van der Waals surface area contributed by atoms with E-state index in [4.69, 9.17) is 4.74 Å². The van der Waals surface area contributed by atoms with E-state index in [2.05, 4.69) is 24.1 Å². The first-order valence-corrected chi connectivity index (χ1v) is 6.22. The van der Waals surface area contributed by atoms with Crippen LogP contribution in [-0.2, 0) is 4.74 Å². The van der Waals surface area contributed by atoms with Gasteiger partial charge in [-0.1, -0.05) is 13.8 Å². The smallest absolute Gasteiger partial charge is 0.0698 e. The third kappa shape index (κ3) is 4.96. The number of nitrogens with zero attached hydrogens (tertiary/aromatic N) is 1. The van der Waals surface area contributed by atoms with Crippen molar-refractivity contribution in [1.82, 2.24) is 10.2 Å². The van der Waals surface area contributed by atoms with Gasteiger partial charge in [0.05, 0.1) is 6.10 Å². The molecule has 2 atom stereocenters. The third-order valence-corrected chi connectivity index (χ3v) is 3.11. The number of piperidine rings is 1. The van der Waals surface area contributed by atoms with Gasteiger partial charge < -0.3 is 15.0 Å². The minimum atomic E-state index is 0.463. The predicted octanol–water partition coefficient (Wildman–Crippen LogP) is 1.34. The summed E-state index contributed by atoms with van der Waals surface area (Å²) in [5.41, 5.74) is 0. The number of ether oxygens (including phenoxy) is 1. The second-order valence-electron chi connectivity index (χ2n) is 4.67. The van der Waals surface area contributed by atoms with Crippen molar-refractivity contribution in [2.75, 3.05) is 39.8 Å². The summed E-state index contributed by atoms with van der Waals surface area (Å²) in [6.45, 7) is 10.2. The molecule has 0 amide bonds. The molecule has 0 saturated carbocycles. The van der Waals surface area contributed by atoms with Crippen LogP contribution in [0.15, 0.2) is 0 Å². The minimum Gasteiger partial charge on any atom is -0.380 e. The van der Waals surface area contributed by atoms with Crippen LogP contribution in [0.3, 0.4) is 0 Å². The molecule has 15 heavy (non-hydrogen) atoms. The van der Waals surface area contributed by atoms with Gasteiger partial charge in [0.2, 0.25) is 0 Å². The first-order chi connectivity index (χ1) is 7.26. The molecule has 1 aliphatic heterocycles. The average Bonchev–Trinajstić information content (AvgIpc) is 2.26. The van der Waals surface area contributed by atoms with Crippen LogP contribution in [0, 0.1) is 5.92 Å². The predicted molar refractivity (Wildman–Crippen MR) is 64.2 cm³/mol. The summed E-state index contributed by atoms with van der Waals surface area (Å²) in [6, 6.07) is 0. The molecule has 1 saturated heterocycles. The van der Waals surface area contributed by atoms with Gasteiger partial charge in [-0.3, -0.25) is 0 Å². The Hall–Kier alpha value is -0.120. The van der Waals surface area contributed by atoms with E-state index in [0.29, 0.717) is 6.10 Å². The number of nitrogens with one attached hydrogen (secondary N) is 1. The zero-order valence-corrected chi connectivity index (χ0v) is 10.5. The summed E-state index contributed by atoms with van der Waals surface area (Å²) in [4.78, 5) is 2.54. The fourth-order valence-electron chi connectivity index (χ4n) is 2.27. The molecule has 1 aliphatic rings. The quantitative estimate of drug-likeness (QED) is 0.722. The normalized spacial score (nSPS) is 25.4. The molecule has 0 aromatic carbocycles. The average molecular weight is 214 g/mol. The maximum absolute atomic E-state index is 5.43. The molecular weight excluding hydrogens is 188 g/mol. The van der Waals surface area contributed by atoms with Gasteiger partial charge in [-0.15, -0.1) is 0 Å². The van der Waals surface area contributed by atoms with Crippen LogP contribution in [0.4, 0.5) is 0 Å². The Kier molecular flexibility index (Phi) is 6.22. The summed E-state index contributed by atoms with van der Waals surface area (Å²) in [5.74, 6) is 0.737. The molecule has 0 aromatic rings. The van der Waals surface area contributed by atoms with Crippen molar-refractivity contribution < 1.29 is 4.74 Å². The summed E-state index contributed by atoms with van der Waals surface area (Å²) in [5, 5.41) is 3.40. The monoisotopic (exact) mass is 214 g/mol. The Balaban J connectivity index is 2.19. The van der Waals surface area contributed by atoms with Crippen LogP contribution < -0.4 is 5.32 Å². The van der Waals surface area contributed by atoms with Crippen molar-refractivity contribution in [2.45, 2.75) is 32.8 Å². The fraction of sp³-hybridized carbons (Fsp3) is 1.00. The lowest BCUT2D eigenvalue weighted by molar-refractivity contribution is 0.0268. The van der Waals surface area contributed by atoms with Gasteiger partial charge in [0.1, 0.15) is 0 Å². The van der Waals surface area contributed by atoms with Crippen molar-refractivity contribution in [3.8, 4) is 0 Å². The van der Waals surface area contributed by atoms with E-state index in [0.717, 1.165) is 25.6 Å². The summed E-state index contributed by atoms with van der Waals surface area (Å²) in [6.07, 6.45) is 2.98. The van der Waals surface area contributed by atoms with E-state index in [1.165, 1.54) is 25.9 Å². The van der Waals surface area contributed by atoms with Gasteiger partial charge in [0, 0.05) is 20.2 Å². The van der Waals surface area contributed by atoms with E-state index in [1.807, 2.05) is 7.11 Å². The number of methoxy groups -OCH3 is 1. The number of hydrogen-bond acceptors (Lipinski definition) is 3. The second-order valence-corrected chi connectivity index (χ2v) is 4.67. The highest BCUT2D eigenvalue weighted by atomic mass is 16.5. The standard InChI is InChI=1S/C12H26N2O/c1-4-13-8-11(2)9-14-7-5-6-12(10-14)15-3/h11-13H,4-10H2,1-3H3. The van der Waals surface area contributed by atoms with E-state index in [-0.39, 0.29) is 0 Å². The Labute approximate surface area is 94.2 Å². The van der Waals surface area contributed by atoms with Crippen molar-refractivity contribution in [3.05, 3.63) is 0 Å². The molecule has 3 heteroatoms. The fourth-order valence-corrected chi connectivity index (χ4v) is 2.27. The van der Waals surface area contributed by atoms with Crippen LogP contribution in [0.25, 0.3) is 0 Å². The van der Waals surface area contributed by atoms with Crippen LogP contribution >= 0.6 is 0 Å². The molecule has 0 bridgehead atoms. The lowest BCUT2D eigenvalue weighted by atomic mass is 10.1. The number of hydrogen-bond donors (Lipinski definition) is 1. The van der Waals surface area contributed by atoms with Gasteiger partial charge in [-0.25, -0.2) is 0 Å². The summed E-state index contributed by atoms with van der Waals surface area (Å²) >= 11 is 0. The van der Waals surface area contributed by atoms with Crippen LogP contribution in [0.1, 0.15) is 26.7 Å². The lowest BCUT2D eigenvalue weighted by Crippen LogP contribution is -2.42. The van der Waals surface area contributed by atoms with Crippen molar-refractivity contribution >= 4 is 0 Å². The maximum atomic E-state index is 5.43. The molecule has 0 spiro atoms. The van der Waals surface area contributed by atoms with Crippen LogP contribution in [0.2, 0.25) is 0 Å².